The van der Waals surface area contributed by atoms with Crippen LogP contribution in [0.5, 0.6) is 0 Å². The standard InChI is InChI=1S/C10H12N4OS/c1-6-2-9(13-4-8(6)11)12-3-7-5-16-10(15)14-7/h2,4-5H,3,11H2,1H3,(H,12,13)(H,14,15). The number of nitrogens with one attached hydrogen (secondary N) is 2. The highest BCUT2D eigenvalue weighted by Gasteiger charge is 1.99. The van der Waals surface area contributed by atoms with Gasteiger partial charge in [0.2, 0.25) is 0 Å². The van der Waals surface area contributed by atoms with E-state index in [0.717, 1.165) is 28.4 Å². The van der Waals surface area contributed by atoms with Crippen molar-refractivity contribution in [1.29, 1.82) is 0 Å². The molecule has 0 aliphatic heterocycles. The number of aromatic amines is 1. The maximum Gasteiger partial charge on any atom is 0.304 e. The van der Waals surface area contributed by atoms with Gasteiger partial charge in [-0.2, -0.15) is 0 Å². The SMILES string of the molecule is Cc1cc(NCc2csc(=O)[nH]2)ncc1N. The summed E-state index contributed by atoms with van der Waals surface area (Å²) < 4.78 is 0. The maximum atomic E-state index is 10.9. The van der Waals surface area contributed by atoms with Gasteiger partial charge in [-0.3, -0.25) is 4.79 Å². The topological polar surface area (TPSA) is 83.8 Å². The Labute approximate surface area is 96.3 Å². The number of pyridine rings is 1. The van der Waals surface area contributed by atoms with E-state index in [1.807, 2.05) is 13.0 Å². The van der Waals surface area contributed by atoms with Gasteiger partial charge >= 0.3 is 4.87 Å². The molecule has 0 radical (unpaired) electrons. The van der Waals surface area contributed by atoms with Crippen molar-refractivity contribution in [2.75, 3.05) is 11.1 Å². The van der Waals surface area contributed by atoms with Gasteiger partial charge in [-0.1, -0.05) is 11.3 Å². The van der Waals surface area contributed by atoms with E-state index < -0.39 is 0 Å². The molecule has 6 heteroatoms. The van der Waals surface area contributed by atoms with Crippen molar-refractivity contribution < 1.29 is 0 Å². The zero-order valence-electron chi connectivity index (χ0n) is 8.78. The second-order valence-corrected chi connectivity index (χ2v) is 4.30. The molecule has 84 valence electrons. The van der Waals surface area contributed by atoms with Crippen molar-refractivity contribution in [1.82, 2.24) is 9.97 Å². The summed E-state index contributed by atoms with van der Waals surface area (Å²) >= 11 is 1.15. The van der Waals surface area contributed by atoms with E-state index in [-0.39, 0.29) is 4.87 Å². The molecule has 0 amide bonds. The molecule has 0 spiro atoms. The number of hydrogen-bond acceptors (Lipinski definition) is 5. The minimum Gasteiger partial charge on any atom is -0.397 e. The van der Waals surface area contributed by atoms with Gasteiger partial charge in [0.25, 0.3) is 0 Å². The van der Waals surface area contributed by atoms with Crippen LogP contribution in [-0.2, 0) is 6.54 Å². The summed E-state index contributed by atoms with van der Waals surface area (Å²) in [6.45, 7) is 2.48. The molecule has 0 aliphatic carbocycles. The van der Waals surface area contributed by atoms with Gasteiger partial charge in [0, 0.05) is 11.1 Å². The smallest absolute Gasteiger partial charge is 0.304 e. The van der Waals surface area contributed by atoms with Crippen molar-refractivity contribution in [3.8, 4) is 0 Å². The van der Waals surface area contributed by atoms with E-state index in [1.54, 1.807) is 11.6 Å². The lowest BCUT2D eigenvalue weighted by Crippen LogP contribution is -2.04. The number of rotatable bonds is 3. The van der Waals surface area contributed by atoms with Gasteiger partial charge in [0.15, 0.2) is 0 Å². The third-order valence-corrected chi connectivity index (χ3v) is 2.90. The molecule has 2 aromatic rings. The van der Waals surface area contributed by atoms with Crippen LogP contribution < -0.4 is 15.9 Å². The van der Waals surface area contributed by atoms with E-state index in [0.29, 0.717) is 12.2 Å². The molecular formula is C10H12N4OS. The molecule has 0 aromatic carbocycles. The number of nitrogens with two attached hydrogens (primary N) is 1. The molecule has 2 aromatic heterocycles. The van der Waals surface area contributed by atoms with E-state index in [4.69, 9.17) is 5.73 Å². The number of aryl methyl sites for hydroxylation is 1. The Morgan fingerprint density at radius 2 is 2.44 bits per heavy atom. The molecule has 4 N–H and O–H groups in total. The fourth-order valence-corrected chi connectivity index (χ4v) is 1.83. The first-order chi connectivity index (χ1) is 7.65. The summed E-state index contributed by atoms with van der Waals surface area (Å²) in [7, 11) is 0. The second kappa shape index (κ2) is 4.36. The molecule has 0 unspecified atom stereocenters. The van der Waals surface area contributed by atoms with Crippen LogP contribution in [0.3, 0.4) is 0 Å². The number of anilines is 2. The maximum absolute atomic E-state index is 10.9. The molecule has 16 heavy (non-hydrogen) atoms. The van der Waals surface area contributed by atoms with Crippen LogP contribution in [-0.4, -0.2) is 9.97 Å². The van der Waals surface area contributed by atoms with E-state index in [9.17, 15) is 4.79 Å². The Kier molecular flexibility index (Phi) is 2.91. The average Bonchev–Trinajstić information content (AvgIpc) is 2.66. The number of H-pyrrole nitrogens is 1. The fourth-order valence-electron chi connectivity index (χ4n) is 1.25. The van der Waals surface area contributed by atoms with Gasteiger partial charge in [-0.15, -0.1) is 0 Å². The predicted molar refractivity (Wildman–Crippen MR) is 65.7 cm³/mol. The predicted octanol–water partition coefficient (Wildman–Crippen LogP) is 1.33. The molecule has 0 saturated heterocycles. The largest absolute Gasteiger partial charge is 0.397 e. The molecule has 5 nitrogen and oxygen atoms in total. The third kappa shape index (κ3) is 2.40. The van der Waals surface area contributed by atoms with Crippen molar-refractivity contribution in [3.63, 3.8) is 0 Å². The molecule has 0 aliphatic rings. The summed E-state index contributed by atoms with van der Waals surface area (Å²) in [5.41, 5.74) is 8.17. The summed E-state index contributed by atoms with van der Waals surface area (Å²) in [5.74, 6) is 0.749. The van der Waals surface area contributed by atoms with Crippen LogP contribution in [0, 0.1) is 6.92 Å². The second-order valence-electron chi connectivity index (χ2n) is 3.45. The van der Waals surface area contributed by atoms with Crippen LogP contribution >= 0.6 is 11.3 Å². The summed E-state index contributed by atoms with van der Waals surface area (Å²) in [5, 5.41) is 4.90. The molecule has 2 rings (SSSR count). The first kappa shape index (κ1) is 10.7. The monoisotopic (exact) mass is 236 g/mol. The Morgan fingerprint density at radius 1 is 1.62 bits per heavy atom. The van der Waals surface area contributed by atoms with Crippen LogP contribution in [0.4, 0.5) is 11.5 Å². The Hall–Kier alpha value is -1.82. The highest BCUT2D eigenvalue weighted by molar-refractivity contribution is 7.07. The van der Waals surface area contributed by atoms with Crippen LogP contribution in [0.2, 0.25) is 0 Å². The quantitative estimate of drug-likeness (QED) is 0.750. The first-order valence-corrected chi connectivity index (χ1v) is 5.66. The molecular weight excluding hydrogens is 224 g/mol. The number of nitrogens with zero attached hydrogens (tertiary/aromatic N) is 1. The number of hydrogen-bond donors (Lipinski definition) is 3. The molecule has 0 atom stereocenters. The minimum atomic E-state index is -0.0433. The summed E-state index contributed by atoms with van der Waals surface area (Å²) in [6, 6.07) is 1.87. The van der Waals surface area contributed by atoms with Crippen LogP contribution in [0.1, 0.15) is 11.3 Å². The lowest BCUT2D eigenvalue weighted by Gasteiger charge is -2.05. The number of thiazole rings is 1. The normalized spacial score (nSPS) is 10.3. The van der Waals surface area contributed by atoms with E-state index in [1.165, 1.54) is 0 Å². The Balaban J connectivity index is 2.04. The average molecular weight is 236 g/mol. The summed E-state index contributed by atoms with van der Waals surface area (Å²) in [6.07, 6.45) is 1.62. The third-order valence-electron chi connectivity index (χ3n) is 2.18. The Morgan fingerprint density at radius 3 is 3.06 bits per heavy atom. The van der Waals surface area contributed by atoms with E-state index >= 15 is 0 Å². The highest BCUT2D eigenvalue weighted by atomic mass is 32.1. The summed E-state index contributed by atoms with van der Waals surface area (Å²) in [4.78, 5) is 17.7. The van der Waals surface area contributed by atoms with Gasteiger partial charge in [-0.05, 0) is 18.6 Å². The van der Waals surface area contributed by atoms with Crippen LogP contribution in [0.15, 0.2) is 22.4 Å². The van der Waals surface area contributed by atoms with Crippen molar-refractivity contribution in [2.24, 2.45) is 0 Å². The van der Waals surface area contributed by atoms with Crippen molar-refractivity contribution in [2.45, 2.75) is 13.5 Å². The van der Waals surface area contributed by atoms with E-state index in [2.05, 4.69) is 15.3 Å². The number of nitrogen functional groups attached to an aromatic ring is 1. The van der Waals surface area contributed by atoms with Gasteiger partial charge in [-0.25, -0.2) is 4.98 Å². The molecule has 2 heterocycles. The first-order valence-electron chi connectivity index (χ1n) is 4.78. The van der Waals surface area contributed by atoms with Crippen molar-refractivity contribution in [3.05, 3.63) is 38.6 Å². The highest BCUT2D eigenvalue weighted by Crippen LogP contribution is 2.13. The van der Waals surface area contributed by atoms with Gasteiger partial charge < -0.3 is 16.0 Å². The zero-order chi connectivity index (χ0) is 11.5. The lowest BCUT2D eigenvalue weighted by molar-refractivity contribution is 1.04. The minimum absolute atomic E-state index is 0.0433. The Bertz CT molecular complexity index is 546. The molecule has 0 saturated carbocycles. The lowest BCUT2D eigenvalue weighted by atomic mass is 10.2. The molecule has 0 bridgehead atoms. The zero-order valence-corrected chi connectivity index (χ0v) is 9.60. The van der Waals surface area contributed by atoms with Gasteiger partial charge in [0.1, 0.15) is 5.82 Å². The fraction of sp³-hybridized carbons (Fsp3) is 0.200. The number of aromatic nitrogens is 2. The van der Waals surface area contributed by atoms with Crippen LogP contribution in [0.25, 0.3) is 0 Å². The van der Waals surface area contributed by atoms with Crippen molar-refractivity contribution >= 4 is 22.8 Å². The molecule has 0 fully saturated rings. The van der Waals surface area contributed by atoms with Gasteiger partial charge in [0.05, 0.1) is 18.4 Å².